The van der Waals surface area contributed by atoms with E-state index < -0.39 is 0 Å². The third kappa shape index (κ3) is 2.95. The van der Waals surface area contributed by atoms with E-state index >= 15 is 0 Å². The second-order valence-electron chi connectivity index (χ2n) is 3.95. The molecule has 2 aromatic rings. The number of rotatable bonds is 3. The largest absolute Gasteiger partial charge is 0.457 e. The van der Waals surface area contributed by atoms with Gasteiger partial charge in [0.25, 0.3) is 0 Å². The average molecular weight is 229 g/mol. The Morgan fingerprint density at radius 3 is 2.41 bits per heavy atom. The Hall–Kier alpha value is -2.07. The van der Waals surface area contributed by atoms with Crippen molar-refractivity contribution < 1.29 is 4.74 Å². The third-order valence-electron chi connectivity index (χ3n) is 2.31. The van der Waals surface area contributed by atoms with E-state index in [9.17, 15) is 0 Å². The first-order valence-corrected chi connectivity index (χ1v) is 5.36. The molecule has 2 rings (SSSR count). The number of hydrazine groups is 1. The molecule has 4 heteroatoms. The number of aryl methyl sites for hydroxylation is 2. The molecule has 1 heterocycles. The molecule has 0 unspecified atom stereocenters. The van der Waals surface area contributed by atoms with Crippen molar-refractivity contribution in [1.29, 1.82) is 0 Å². The molecule has 0 saturated carbocycles. The van der Waals surface area contributed by atoms with Crippen LogP contribution in [0.2, 0.25) is 0 Å². The Morgan fingerprint density at radius 1 is 1.06 bits per heavy atom. The summed E-state index contributed by atoms with van der Waals surface area (Å²) in [4.78, 5) is 4.02. The van der Waals surface area contributed by atoms with Crippen LogP contribution in [0, 0.1) is 13.8 Å². The lowest BCUT2D eigenvalue weighted by molar-refractivity contribution is 0.481. The Kier molecular flexibility index (Phi) is 3.25. The zero-order valence-corrected chi connectivity index (χ0v) is 9.90. The van der Waals surface area contributed by atoms with Crippen LogP contribution in [0.4, 0.5) is 5.82 Å². The lowest BCUT2D eigenvalue weighted by atomic mass is 10.1. The molecular weight excluding hydrogens is 214 g/mol. The van der Waals surface area contributed by atoms with Crippen LogP contribution in [0.15, 0.2) is 36.5 Å². The quantitative estimate of drug-likeness (QED) is 0.627. The molecule has 17 heavy (non-hydrogen) atoms. The van der Waals surface area contributed by atoms with E-state index in [1.165, 1.54) is 11.1 Å². The summed E-state index contributed by atoms with van der Waals surface area (Å²) in [6, 6.07) is 9.62. The Bertz CT molecular complexity index is 506. The van der Waals surface area contributed by atoms with E-state index in [1.807, 2.05) is 26.0 Å². The van der Waals surface area contributed by atoms with Crippen molar-refractivity contribution in [3.05, 3.63) is 47.7 Å². The molecule has 0 aliphatic heterocycles. The fourth-order valence-electron chi connectivity index (χ4n) is 1.68. The number of aromatic nitrogens is 1. The van der Waals surface area contributed by atoms with Crippen molar-refractivity contribution >= 4 is 5.82 Å². The van der Waals surface area contributed by atoms with Crippen LogP contribution >= 0.6 is 0 Å². The van der Waals surface area contributed by atoms with Crippen molar-refractivity contribution in [3.8, 4) is 11.5 Å². The van der Waals surface area contributed by atoms with Gasteiger partial charge in [0.1, 0.15) is 17.3 Å². The van der Waals surface area contributed by atoms with E-state index in [0.29, 0.717) is 11.6 Å². The number of anilines is 1. The average Bonchev–Trinajstić information content (AvgIpc) is 2.28. The second-order valence-corrected chi connectivity index (χ2v) is 3.95. The highest BCUT2D eigenvalue weighted by atomic mass is 16.5. The predicted molar refractivity (Wildman–Crippen MR) is 68.0 cm³/mol. The molecule has 0 saturated heterocycles. The SMILES string of the molecule is Cc1cc(C)cc(Oc2ccnc(NN)c2)c1. The maximum Gasteiger partial charge on any atom is 0.143 e. The minimum absolute atomic E-state index is 0.576. The summed E-state index contributed by atoms with van der Waals surface area (Å²) in [7, 11) is 0. The molecule has 0 fully saturated rings. The zero-order chi connectivity index (χ0) is 12.3. The van der Waals surface area contributed by atoms with Gasteiger partial charge in [0, 0.05) is 12.3 Å². The molecular formula is C13H15N3O. The van der Waals surface area contributed by atoms with Gasteiger partial charge in [-0.2, -0.15) is 0 Å². The number of benzene rings is 1. The summed E-state index contributed by atoms with van der Waals surface area (Å²) < 4.78 is 5.75. The number of nitrogens with one attached hydrogen (secondary N) is 1. The Labute approximate surface area is 100 Å². The second kappa shape index (κ2) is 4.84. The smallest absolute Gasteiger partial charge is 0.143 e. The summed E-state index contributed by atoms with van der Waals surface area (Å²) in [6.45, 7) is 4.08. The van der Waals surface area contributed by atoms with Gasteiger partial charge in [-0.05, 0) is 43.2 Å². The fraction of sp³-hybridized carbons (Fsp3) is 0.154. The number of nitrogens with zero attached hydrogens (tertiary/aromatic N) is 1. The predicted octanol–water partition coefficient (Wildman–Crippen LogP) is 2.78. The molecule has 4 nitrogen and oxygen atoms in total. The van der Waals surface area contributed by atoms with Crippen molar-refractivity contribution in [2.45, 2.75) is 13.8 Å². The number of pyridine rings is 1. The molecule has 3 N–H and O–H groups in total. The van der Waals surface area contributed by atoms with Gasteiger partial charge in [0.2, 0.25) is 0 Å². The first-order chi connectivity index (χ1) is 8.17. The number of hydrogen-bond acceptors (Lipinski definition) is 4. The third-order valence-corrected chi connectivity index (χ3v) is 2.31. The molecule has 0 spiro atoms. The van der Waals surface area contributed by atoms with Gasteiger partial charge >= 0.3 is 0 Å². The number of ether oxygens (including phenoxy) is 1. The summed E-state index contributed by atoms with van der Waals surface area (Å²) >= 11 is 0. The van der Waals surface area contributed by atoms with Crippen LogP contribution in [0.1, 0.15) is 11.1 Å². The molecule has 0 amide bonds. The summed E-state index contributed by atoms with van der Waals surface area (Å²) in [5.41, 5.74) is 4.83. The minimum Gasteiger partial charge on any atom is -0.457 e. The molecule has 0 atom stereocenters. The van der Waals surface area contributed by atoms with Gasteiger partial charge in [0.15, 0.2) is 0 Å². The van der Waals surface area contributed by atoms with Crippen molar-refractivity contribution in [1.82, 2.24) is 4.98 Å². The van der Waals surface area contributed by atoms with Crippen LogP contribution in [-0.2, 0) is 0 Å². The monoisotopic (exact) mass is 229 g/mol. The standard InChI is InChI=1S/C13H15N3O/c1-9-5-10(2)7-12(6-9)17-11-3-4-15-13(8-11)16-14/h3-8H,14H2,1-2H3,(H,15,16). The van der Waals surface area contributed by atoms with E-state index in [4.69, 9.17) is 10.6 Å². The highest BCUT2D eigenvalue weighted by Gasteiger charge is 2.00. The van der Waals surface area contributed by atoms with Crippen molar-refractivity contribution in [2.24, 2.45) is 5.84 Å². The van der Waals surface area contributed by atoms with Gasteiger partial charge in [0.05, 0.1) is 0 Å². The van der Waals surface area contributed by atoms with Crippen molar-refractivity contribution in [3.63, 3.8) is 0 Å². The van der Waals surface area contributed by atoms with Gasteiger partial charge in [-0.3, -0.25) is 0 Å². The van der Waals surface area contributed by atoms with E-state index in [2.05, 4.69) is 16.5 Å². The minimum atomic E-state index is 0.576. The molecule has 0 aliphatic carbocycles. The zero-order valence-electron chi connectivity index (χ0n) is 9.90. The van der Waals surface area contributed by atoms with Gasteiger partial charge in [-0.15, -0.1) is 0 Å². The number of hydrogen-bond donors (Lipinski definition) is 2. The summed E-state index contributed by atoms with van der Waals surface area (Å²) in [5, 5.41) is 0. The molecule has 1 aromatic heterocycles. The maximum absolute atomic E-state index is 5.75. The van der Waals surface area contributed by atoms with Gasteiger partial charge in [-0.25, -0.2) is 10.8 Å². The van der Waals surface area contributed by atoms with E-state index in [0.717, 1.165) is 5.75 Å². The first-order valence-electron chi connectivity index (χ1n) is 5.36. The lowest BCUT2D eigenvalue weighted by Crippen LogP contribution is -2.08. The Morgan fingerprint density at radius 2 is 1.76 bits per heavy atom. The maximum atomic E-state index is 5.75. The molecule has 88 valence electrons. The fourth-order valence-corrected chi connectivity index (χ4v) is 1.68. The first kappa shape index (κ1) is 11.4. The highest BCUT2D eigenvalue weighted by Crippen LogP contribution is 2.24. The van der Waals surface area contributed by atoms with Crippen LogP contribution in [-0.4, -0.2) is 4.98 Å². The highest BCUT2D eigenvalue weighted by molar-refractivity contribution is 5.42. The van der Waals surface area contributed by atoms with Gasteiger partial charge < -0.3 is 10.2 Å². The number of nitrogen functional groups attached to an aromatic ring is 1. The molecule has 1 aromatic carbocycles. The summed E-state index contributed by atoms with van der Waals surface area (Å²) in [6.07, 6.45) is 1.65. The molecule has 0 aliphatic rings. The van der Waals surface area contributed by atoms with Gasteiger partial charge in [-0.1, -0.05) is 6.07 Å². The summed E-state index contributed by atoms with van der Waals surface area (Å²) in [5.74, 6) is 7.39. The Balaban J connectivity index is 2.24. The van der Waals surface area contributed by atoms with Crippen LogP contribution < -0.4 is 16.0 Å². The van der Waals surface area contributed by atoms with E-state index in [1.54, 1.807) is 18.3 Å². The van der Waals surface area contributed by atoms with Crippen molar-refractivity contribution in [2.75, 3.05) is 5.43 Å². The number of nitrogens with two attached hydrogens (primary N) is 1. The normalized spacial score (nSPS) is 10.1. The molecule has 0 bridgehead atoms. The lowest BCUT2D eigenvalue weighted by Gasteiger charge is -2.08. The van der Waals surface area contributed by atoms with E-state index in [-0.39, 0.29) is 0 Å². The van der Waals surface area contributed by atoms with Crippen LogP contribution in [0.5, 0.6) is 11.5 Å². The molecule has 0 radical (unpaired) electrons. The topological polar surface area (TPSA) is 60.2 Å². The van der Waals surface area contributed by atoms with Crippen LogP contribution in [0.3, 0.4) is 0 Å². The van der Waals surface area contributed by atoms with Crippen LogP contribution in [0.25, 0.3) is 0 Å².